The number of hydrogen-bond donors (Lipinski definition) is 0. The molecule has 0 aromatic rings. The van der Waals surface area contributed by atoms with Gasteiger partial charge < -0.3 is 4.70 Å². The van der Waals surface area contributed by atoms with Gasteiger partial charge in [0.15, 0.2) is 0 Å². The molecule has 0 aliphatic heterocycles. The zero-order valence-electron chi connectivity index (χ0n) is 8.76. The quantitative estimate of drug-likeness (QED) is 0.307. The molecular formula is C9H18FNO2. The van der Waals surface area contributed by atoms with E-state index in [4.69, 9.17) is 4.84 Å². The smallest absolute Gasteiger partial charge is 0.392 e. The zero-order chi connectivity index (χ0) is 9.78. The predicted molar refractivity (Wildman–Crippen MR) is 48.2 cm³/mol. The standard InChI is InChI=1S/C9H18NO2.FH/c1-6-7-10(4,5)12-9(11)8(2)3;/h2,6-7H2,1,3-5H3;1H/q+1;/p-1. The number of nitrogens with zero attached hydrogens (tertiary/aromatic N) is 1. The van der Waals surface area contributed by atoms with E-state index in [0.717, 1.165) is 13.0 Å². The summed E-state index contributed by atoms with van der Waals surface area (Å²) in [6.07, 6.45) is 0.983. The Morgan fingerprint density at radius 1 is 1.46 bits per heavy atom. The minimum Gasteiger partial charge on any atom is -1.00 e. The van der Waals surface area contributed by atoms with Crippen molar-refractivity contribution in [3.63, 3.8) is 0 Å². The lowest BCUT2D eigenvalue weighted by atomic mass is 10.4. The average molecular weight is 191 g/mol. The van der Waals surface area contributed by atoms with Gasteiger partial charge >= 0.3 is 5.97 Å². The van der Waals surface area contributed by atoms with Crippen molar-refractivity contribution in [2.24, 2.45) is 0 Å². The van der Waals surface area contributed by atoms with Crippen molar-refractivity contribution in [1.29, 1.82) is 0 Å². The first-order chi connectivity index (χ1) is 5.39. The fourth-order valence-electron chi connectivity index (χ4n) is 0.887. The van der Waals surface area contributed by atoms with E-state index in [-0.39, 0.29) is 15.3 Å². The van der Waals surface area contributed by atoms with Gasteiger partial charge in [-0.25, -0.2) is 4.79 Å². The molecule has 0 aromatic carbocycles. The van der Waals surface area contributed by atoms with Gasteiger partial charge in [-0.15, -0.1) is 4.65 Å². The lowest BCUT2D eigenvalue weighted by Gasteiger charge is -2.25. The second-order valence-corrected chi connectivity index (χ2v) is 3.46. The maximum atomic E-state index is 11.1. The van der Waals surface area contributed by atoms with E-state index < -0.39 is 0 Å². The molecule has 0 aliphatic carbocycles. The molecule has 0 rings (SSSR count). The summed E-state index contributed by atoms with van der Waals surface area (Å²) < 4.78 is 0.266. The highest BCUT2D eigenvalue weighted by atomic mass is 19.0. The number of hydrogen-bond acceptors (Lipinski definition) is 2. The van der Waals surface area contributed by atoms with Gasteiger partial charge in [0.1, 0.15) is 20.6 Å². The van der Waals surface area contributed by atoms with Crippen LogP contribution in [0.2, 0.25) is 0 Å². The normalized spacial score (nSPS) is 10.2. The van der Waals surface area contributed by atoms with Crippen LogP contribution in [-0.2, 0) is 9.63 Å². The molecule has 0 amide bonds. The second-order valence-electron chi connectivity index (χ2n) is 3.46. The van der Waals surface area contributed by atoms with Gasteiger partial charge in [-0.2, -0.15) is 0 Å². The van der Waals surface area contributed by atoms with Crippen LogP contribution < -0.4 is 4.70 Å². The van der Waals surface area contributed by atoms with Crippen LogP contribution in [0.1, 0.15) is 20.3 Å². The highest BCUT2D eigenvalue weighted by Gasteiger charge is 2.20. The molecule has 0 bridgehead atoms. The van der Waals surface area contributed by atoms with E-state index in [0.29, 0.717) is 5.57 Å². The number of carbonyl (C=O) groups excluding carboxylic acids is 1. The fraction of sp³-hybridized carbons (Fsp3) is 0.667. The summed E-state index contributed by atoms with van der Waals surface area (Å²) >= 11 is 0. The van der Waals surface area contributed by atoms with Gasteiger partial charge in [-0.05, 0) is 13.3 Å². The monoisotopic (exact) mass is 191 g/mol. The highest BCUT2D eigenvalue weighted by molar-refractivity contribution is 5.86. The third-order valence-corrected chi connectivity index (χ3v) is 1.44. The molecule has 0 saturated carbocycles. The second kappa shape index (κ2) is 5.70. The molecule has 0 unspecified atom stereocenters. The third kappa shape index (κ3) is 6.28. The summed E-state index contributed by atoms with van der Waals surface area (Å²) in [6, 6.07) is 0. The molecular weight excluding hydrogens is 173 g/mol. The average Bonchev–Trinajstić information content (AvgIpc) is 1.85. The van der Waals surface area contributed by atoms with Crippen molar-refractivity contribution < 1.29 is 19.0 Å². The van der Waals surface area contributed by atoms with E-state index in [1.165, 1.54) is 0 Å². The molecule has 78 valence electrons. The molecule has 0 N–H and O–H groups in total. The predicted octanol–water partition coefficient (Wildman–Crippen LogP) is -1.49. The highest BCUT2D eigenvalue weighted by Crippen LogP contribution is 2.04. The van der Waals surface area contributed by atoms with Crippen molar-refractivity contribution in [3.05, 3.63) is 12.2 Å². The molecule has 0 aromatic heterocycles. The number of hydroxylamine groups is 3. The lowest BCUT2D eigenvalue weighted by Crippen LogP contribution is -3.00. The Balaban J connectivity index is 0. The lowest BCUT2D eigenvalue weighted by molar-refractivity contribution is -1.06. The minimum absolute atomic E-state index is 0. The van der Waals surface area contributed by atoms with Gasteiger partial charge in [0.05, 0.1) is 0 Å². The van der Waals surface area contributed by atoms with Gasteiger partial charge in [0, 0.05) is 5.57 Å². The van der Waals surface area contributed by atoms with E-state index in [1.54, 1.807) is 6.92 Å². The van der Waals surface area contributed by atoms with Crippen LogP contribution in [0.3, 0.4) is 0 Å². The maximum absolute atomic E-state index is 11.1. The molecule has 0 atom stereocenters. The molecule has 0 spiro atoms. The van der Waals surface area contributed by atoms with E-state index >= 15 is 0 Å². The van der Waals surface area contributed by atoms with Crippen molar-refractivity contribution in [2.75, 3.05) is 20.6 Å². The van der Waals surface area contributed by atoms with Crippen LogP contribution in [0.4, 0.5) is 0 Å². The van der Waals surface area contributed by atoms with Crippen LogP contribution in [0.15, 0.2) is 12.2 Å². The minimum atomic E-state index is -0.326. The third-order valence-electron chi connectivity index (χ3n) is 1.44. The molecule has 4 heteroatoms. The fourth-order valence-corrected chi connectivity index (χ4v) is 0.887. The first-order valence-electron chi connectivity index (χ1n) is 4.11. The van der Waals surface area contributed by atoms with Crippen LogP contribution in [0.25, 0.3) is 0 Å². The molecule has 3 nitrogen and oxygen atoms in total. The van der Waals surface area contributed by atoms with Crippen LogP contribution in [-0.4, -0.2) is 31.3 Å². The Bertz CT molecular complexity index is 190. The molecule has 0 aliphatic rings. The Morgan fingerprint density at radius 3 is 2.23 bits per heavy atom. The molecule has 0 fully saturated rings. The van der Waals surface area contributed by atoms with Crippen molar-refractivity contribution >= 4 is 5.97 Å². The van der Waals surface area contributed by atoms with Crippen LogP contribution in [0, 0.1) is 0 Å². The van der Waals surface area contributed by atoms with Crippen molar-refractivity contribution in [3.8, 4) is 0 Å². The van der Waals surface area contributed by atoms with Gasteiger partial charge in [-0.3, -0.25) is 4.84 Å². The zero-order valence-corrected chi connectivity index (χ0v) is 8.76. The Morgan fingerprint density at radius 2 is 1.92 bits per heavy atom. The topological polar surface area (TPSA) is 26.3 Å². The Hall–Kier alpha value is -0.900. The van der Waals surface area contributed by atoms with E-state index in [1.807, 2.05) is 14.1 Å². The first kappa shape index (κ1) is 14.6. The summed E-state index contributed by atoms with van der Waals surface area (Å²) in [6.45, 7) is 8.03. The Kier molecular flexibility index (Phi) is 6.40. The van der Waals surface area contributed by atoms with Gasteiger partial charge in [-0.1, -0.05) is 13.5 Å². The maximum Gasteiger partial charge on any atom is 0.392 e. The van der Waals surface area contributed by atoms with Gasteiger partial charge in [0.25, 0.3) is 0 Å². The largest absolute Gasteiger partial charge is 1.00 e. The summed E-state index contributed by atoms with van der Waals surface area (Å²) in [5, 5.41) is 0. The Labute approximate surface area is 78.9 Å². The number of rotatable bonds is 4. The summed E-state index contributed by atoms with van der Waals surface area (Å²) in [7, 11) is 3.70. The molecule has 0 saturated heterocycles. The van der Waals surface area contributed by atoms with E-state index in [9.17, 15) is 4.79 Å². The van der Waals surface area contributed by atoms with Crippen LogP contribution in [0.5, 0.6) is 0 Å². The number of halogens is 1. The summed E-state index contributed by atoms with van der Waals surface area (Å²) in [4.78, 5) is 16.2. The number of carbonyl (C=O) groups is 1. The van der Waals surface area contributed by atoms with Gasteiger partial charge in [0.2, 0.25) is 0 Å². The summed E-state index contributed by atoms with van der Waals surface area (Å²) in [5.74, 6) is -0.326. The van der Waals surface area contributed by atoms with Crippen molar-refractivity contribution in [2.45, 2.75) is 20.3 Å². The molecule has 0 heterocycles. The SMILES string of the molecule is C=C(C)C(=O)O[N+](C)(C)CCC.[F-]. The number of quaternary nitrogens is 1. The summed E-state index contributed by atoms with van der Waals surface area (Å²) in [5.41, 5.74) is 0.442. The van der Waals surface area contributed by atoms with Crippen LogP contribution >= 0.6 is 0 Å². The van der Waals surface area contributed by atoms with Crippen molar-refractivity contribution in [1.82, 2.24) is 0 Å². The molecule has 13 heavy (non-hydrogen) atoms. The first-order valence-corrected chi connectivity index (χ1v) is 4.11. The van der Waals surface area contributed by atoms with E-state index in [2.05, 4.69) is 13.5 Å². The molecule has 0 radical (unpaired) electrons.